The molecule has 0 aromatic carbocycles. The fraction of sp³-hybridized carbons (Fsp3) is 0.300. The second kappa shape index (κ2) is 4.06. The number of pyridine rings is 1. The van der Waals surface area contributed by atoms with Gasteiger partial charge in [0.15, 0.2) is 0 Å². The molecule has 16 heavy (non-hydrogen) atoms. The molecule has 0 bridgehead atoms. The van der Waals surface area contributed by atoms with Crippen LogP contribution in [0.1, 0.15) is 5.56 Å². The highest BCUT2D eigenvalue weighted by molar-refractivity contribution is 5.69. The summed E-state index contributed by atoms with van der Waals surface area (Å²) >= 11 is 0. The fourth-order valence-electron chi connectivity index (χ4n) is 1.52. The molecule has 1 amide bonds. The topological polar surface area (TPSA) is 84.1 Å². The molecule has 2 heterocycles. The van der Waals surface area contributed by atoms with E-state index in [1.54, 1.807) is 12.3 Å². The minimum absolute atomic E-state index is 0.0831. The Morgan fingerprint density at radius 2 is 2.44 bits per heavy atom. The van der Waals surface area contributed by atoms with Crippen molar-refractivity contribution in [3.05, 3.63) is 34.2 Å². The average Bonchev–Trinajstić information content (AvgIpc) is 2.67. The molecular weight excluding hydrogens is 210 g/mol. The molecular formula is C10H9N3O3. The first-order valence-electron chi connectivity index (χ1n) is 4.75. The Bertz CT molecular complexity index is 515. The molecule has 6 heteroatoms. The highest BCUT2D eigenvalue weighted by Crippen LogP contribution is 2.02. The van der Waals surface area contributed by atoms with E-state index in [0.29, 0.717) is 6.54 Å². The van der Waals surface area contributed by atoms with Crippen molar-refractivity contribution in [3.8, 4) is 6.07 Å². The Labute approximate surface area is 91.1 Å². The van der Waals surface area contributed by atoms with Crippen LogP contribution in [0.15, 0.2) is 23.1 Å². The first-order chi connectivity index (χ1) is 7.70. The molecule has 1 aliphatic rings. The number of aromatic nitrogens is 1. The Morgan fingerprint density at radius 3 is 3.06 bits per heavy atom. The number of carbonyl (C=O) groups excluding carboxylic acids is 1. The number of cyclic esters (lactones) is 1. The van der Waals surface area contributed by atoms with E-state index in [4.69, 9.17) is 10.00 Å². The number of nitrogens with one attached hydrogen (secondary N) is 1. The lowest BCUT2D eigenvalue weighted by Gasteiger charge is -2.09. The van der Waals surface area contributed by atoms with Gasteiger partial charge in [0.2, 0.25) is 0 Å². The smallest absolute Gasteiger partial charge is 0.407 e. The molecule has 6 nitrogen and oxygen atoms in total. The van der Waals surface area contributed by atoms with E-state index < -0.39 is 6.09 Å². The lowest BCUT2D eigenvalue weighted by molar-refractivity contribution is 0.130. The second-order valence-electron chi connectivity index (χ2n) is 3.40. The molecule has 1 atom stereocenters. The van der Waals surface area contributed by atoms with E-state index in [2.05, 4.69) is 5.32 Å². The average molecular weight is 219 g/mol. The van der Waals surface area contributed by atoms with Gasteiger partial charge in [-0.1, -0.05) is 0 Å². The summed E-state index contributed by atoms with van der Waals surface area (Å²) in [6.45, 7) is 0.634. The zero-order chi connectivity index (χ0) is 11.5. The van der Waals surface area contributed by atoms with E-state index in [9.17, 15) is 9.59 Å². The van der Waals surface area contributed by atoms with Gasteiger partial charge in [-0.2, -0.15) is 5.26 Å². The summed E-state index contributed by atoms with van der Waals surface area (Å²) < 4.78 is 6.27. The van der Waals surface area contributed by atoms with Crippen molar-refractivity contribution in [1.29, 1.82) is 5.26 Å². The van der Waals surface area contributed by atoms with Crippen LogP contribution >= 0.6 is 0 Å². The lowest BCUT2D eigenvalue weighted by atomic mass is 10.3. The number of rotatable bonds is 2. The normalized spacial score (nSPS) is 18.7. The lowest BCUT2D eigenvalue weighted by Crippen LogP contribution is -2.29. The number of amides is 1. The van der Waals surface area contributed by atoms with Crippen LogP contribution in [0.4, 0.5) is 4.79 Å². The van der Waals surface area contributed by atoms with E-state index in [1.165, 1.54) is 10.6 Å². The summed E-state index contributed by atoms with van der Waals surface area (Å²) in [6.07, 6.45) is 0.726. The molecule has 1 saturated heterocycles. The maximum Gasteiger partial charge on any atom is 0.407 e. The number of ether oxygens (including phenoxy) is 1. The minimum atomic E-state index is -0.477. The van der Waals surface area contributed by atoms with E-state index in [1.807, 2.05) is 6.07 Å². The van der Waals surface area contributed by atoms with Crippen molar-refractivity contribution in [2.45, 2.75) is 12.6 Å². The van der Waals surface area contributed by atoms with Gasteiger partial charge < -0.3 is 14.6 Å². The molecule has 0 spiro atoms. The molecule has 1 unspecified atom stereocenters. The first-order valence-corrected chi connectivity index (χ1v) is 4.75. The molecule has 0 radical (unpaired) electrons. The number of hydrogen-bond acceptors (Lipinski definition) is 4. The van der Waals surface area contributed by atoms with Gasteiger partial charge in [0.1, 0.15) is 17.7 Å². The molecule has 1 aromatic heterocycles. The standard InChI is InChI=1S/C10H9N3O3/c11-4-7-2-1-3-13(9(7)14)6-8-5-12-10(15)16-8/h1-3,8H,5-6H2,(H,12,15). The monoisotopic (exact) mass is 219 g/mol. The van der Waals surface area contributed by atoms with Gasteiger partial charge in [0.05, 0.1) is 13.1 Å². The van der Waals surface area contributed by atoms with Crippen LogP contribution in [0.25, 0.3) is 0 Å². The van der Waals surface area contributed by atoms with E-state index >= 15 is 0 Å². The molecule has 0 aliphatic carbocycles. The van der Waals surface area contributed by atoms with Crippen LogP contribution < -0.4 is 10.9 Å². The summed E-state index contributed by atoms with van der Waals surface area (Å²) in [4.78, 5) is 22.4. The third-order valence-electron chi connectivity index (χ3n) is 2.29. The number of hydrogen-bond donors (Lipinski definition) is 1. The van der Waals surface area contributed by atoms with Gasteiger partial charge in [-0.3, -0.25) is 4.79 Å². The summed E-state index contributed by atoms with van der Waals surface area (Å²) in [6, 6.07) is 4.88. The van der Waals surface area contributed by atoms with Crippen molar-refractivity contribution >= 4 is 6.09 Å². The Morgan fingerprint density at radius 1 is 1.62 bits per heavy atom. The summed E-state index contributed by atoms with van der Waals surface area (Å²) in [5.41, 5.74) is -0.285. The predicted molar refractivity (Wildman–Crippen MR) is 53.7 cm³/mol. The van der Waals surface area contributed by atoms with Gasteiger partial charge in [-0.25, -0.2) is 4.79 Å². The van der Waals surface area contributed by atoms with Gasteiger partial charge in [0, 0.05) is 6.20 Å². The van der Waals surface area contributed by atoms with Crippen molar-refractivity contribution in [2.24, 2.45) is 0 Å². The molecule has 1 aliphatic heterocycles. The maximum atomic E-state index is 11.6. The molecule has 82 valence electrons. The Balaban J connectivity index is 2.20. The number of alkyl carbamates (subject to hydrolysis) is 1. The summed E-state index contributed by atoms with van der Waals surface area (Å²) in [7, 11) is 0. The largest absolute Gasteiger partial charge is 0.442 e. The zero-order valence-corrected chi connectivity index (χ0v) is 8.34. The van der Waals surface area contributed by atoms with Crippen molar-refractivity contribution < 1.29 is 9.53 Å². The summed E-state index contributed by atoms with van der Waals surface area (Å²) in [5.74, 6) is 0. The SMILES string of the molecule is N#Cc1cccn(CC2CNC(=O)O2)c1=O. The first kappa shape index (κ1) is 10.2. The highest BCUT2D eigenvalue weighted by atomic mass is 16.6. The fourth-order valence-corrected chi connectivity index (χ4v) is 1.52. The molecule has 1 fully saturated rings. The van der Waals surface area contributed by atoms with E-state index in [0.717, 1.165) is 0 Å². The third-order valence-corrected chi connectivity index (χ3v) is 2.29. The quantitative estimate of drug-likeness (QED) is 0.748. The summed E-state index contributed by atoms with van der Waals surface area (Å²) in [5, 5.41) is 11.2. The van der Waals surface area contributed by atoms with Crippen LogP contribution in [-0.2, 0) is 11.3 Å². The van der Waals surface area contributed by atoms with Crippen LogP contribution in [-0.4, -0.2) is 23.3 Å². The molecule has 2 rings (SSSR count). The van der Waals surface area contributed by atoms with Crippen LogP contribution in [0, 0.1) is 11.3 Å². The zero-order valence-electron chi connectivity index (χ0n) is 8.34. The van der Waals surface area contributed by atoms with Gasteiger partial charge in [-0.15, -0.1) is 0 Å². The van der Waals surface area contributed by atoms with Crippen molar-refractivity contribution in [1.82, 2.24) is 9.88 Å². The van der Waals surface area contributed by atoms with Gasteiger partial charge in [-0.05, 0) is 12.1 Å². The molecule has 0 saturated carbocycles. The molecule has 1 aromatic rings. The van der Waals surface area contributed by atoms with E-state index in [-0.39, 0.29) is 23.8 Å². The molecule has 1 N–H and O–H groups in total. The highest BCUT2D eigenvalue weighted by Gasteiger charge is 2.23. The van der Waals surface area contributed by atoms with Gasteiger partial charge >= 0.3 is 6.09 Å². The second-order valence-corrected chi connectivity index (χ2v) is 3.40. The van der Waals surface area contributed by atoms with Crippen LogP contribution in [0.3, 0.4) is 0 Å². The minimum Gasteiger partial charge on any atom is -0.442 e. The Kier molecular flexibility index (Phi) is 2.60. The predicted octanol–water partition coefficient (Wildman–Crippen LogP) is -0.172. The van der Waals surface area contributed by atoms with Crippen LogP contribution in [0.2, 0.25) is 0 Å². The van der Waals surface area contributed by atoms with Gasteiger partial charge in [0.25, 0.3) is 5.56 Å². The number of nitriles is 1. The third kappa shape index (κ3) is 1.88. The van der Waals surface area contributed by atoms with Crippen LogP contribution in [0.5, 0.6) is 0 Å². The number of nitrogens with zero attached hydrogens (tertiary/aromatic N) is 2. The van der Waals surface area contributed by atoms with Crippen molar-refractivity contribution in [2.75, 3.05) is 6.54 Å². The van der Waals surface area contributed by atoms with Crippen molar-refractivity contribution in [3.63, 3.8) is 0 Å². The maximum absolute atomic E-state index is 11.6. The number of carbonyl (C=O) groups is 1. The Hall–Kier alpha value is -2.29.